The highest BCUT2D eigenvalue weighted by Gasteiger charge is 2.23. The van der Waals surface area contributed by atoms with E-state index in [2.05, 4.69) is 17.0 Å². The average Bonchev–Trinajstić information content (AvgIpc) is 2.40. The van der Waals surface area contributed by atoms with Gasteiger partial charge in [-0.15, -0.1) is 0 Å². The Bertz CT molecular complexity index is 377. The van der Waals surface area contributed by atoms with Crippen LogP contribution in [0.4, 0.5) is 0 Å². The van der Waals surface area contributed by atoms with Gasteiger partial charge in [-0.2, -0.15) is 11.8 Å². The molecule has 4 heteroatoms. The predicted molar refractivity (Wildman–Crippen MR) is 74.8 cm³/mol. The predicted octanol–water partition coefficient (Wildman–Crippen LogP) is 2.47. The maximum absolute atomic E-state index is 11.0. The van der Waals surface area contributed by atoms with Crippen LogP contribution in [0.3, 0.4) is 0 Å². The Morgan fingerprint density at radius 3 is 2.56 bits per heavy atom. The van der Waals surface area contributed by atoms with Gasteiger partial charge in [0.25, 0.3) is 0 Å². The molecule has 0 spiro atoms. The van der Waals surface area contributed by atoms with Gasteiger partial charge in [-0.05, 0) is 29.9 Å². The topological polar surface area (TPSA) is 40.5 Å². The summed E-state index contributed by atoms with van der Waals surface area (Å²) in [5.41, 5.74) is 1.19. The first-order valence-corrected chi connectivity index (χ1v) is 7.48. The van der Waals surface area contributed by atoms with Gasteiger partial charge >= 0.3 is 5.97 Å². The fourth-order valence-electron chi connectivity index (χ4n) is 2.36. The zero-order valence-corrected chi connectivity index (χ0v) is 11.2. The molecule has 0 amide bonds. The molecular formula is C14H19NO2S. The van der Waals surface area contributed by atoms with Gasteiger partial charge in [0.15, 0.2) is 0 Å². The molecule has 0 bridgehead atoms. The Hall–Kier alpha value is -1.00. The largest absolute Gasteiger partial charge is 0.480 e. The van der Waals surface area contributed by atoms with E-state index in [4.69, 9.17) is 5.11 Å². The van der Waals surface area contributed by atoms with Crippen molar-refractivity contribution in [2.45, 2.75) is 25.4 Å². The molecule has 98 valence electrons. The molecule has 1 aromatic rings. The van der Waals surface area contributed by atoms with E-state index in [1.165, 1.54) is 5.56 Å². The van der Waals surface area contributed by atoms with Crippen LogP contribution in [0.2, 0.25) is 0 Å². The summed E-state index contributed by atoms with van der Waals surface area (Å²) in [7, 11) is 0. The lowest BCUT2D eigenvalue weighted by atomic mass is 10.1. The number of carbonyl (C=O) groups is 1. The molecule has 1 aliphatic rings. The third-order valence-corrected chi connectivity index (χ3v) is 4.32. The molecule has 2 rings (SSSR count). The number of rotatable bonds is 5. The Kier molecular flexibility index (Phi) is 5.08. The smallest absolute Gasteiger partial charge is 0.317 e. The van der Waals surface area contributed by atoms with Gasteiger partial charge in [0.1, 0.15) is 0 Å². The van der Waals surface area contributed by atoms with Crippen LogP contribution in [0, 0.1) is 0 Å². The molecule has 0 unspecified atom stereocenters. The Morgan fingerprint density at radius 1 is 1.28 bits per heavy atom. The number of aliphatic carboxylic acids is 1. The van der Waals surface area contributed by atoms with Crippen molar-refractivity contribution in [2.75, 3.05) is 18.1 Å². The molecule has 3 nitrogen and oxygen atoms in total. The summed E-state index contributed by atoms with van der Waals surface area (Å²) in [6, 6.07) is 10.5. The van der Waals surface area contributed by atoms with E-state index >= 15 is 0 Å². The fraction of sp³-hybridized carbons (Fsp3) is 0.500. The number of thioether (sulfide) groups is 1. The molecule has 0 saturated carbocycles. The highest BCUT2D eigenvalue weighted by Crippen LogP contribution is 2.23. The van der Waals surface area contributed by atoms with Crippen molar-refractivity contribution in [1.82, 2.24) is 4.90 Å². The van der Waals surface area contributed by atoms with Crippen LogP contribution in [0.5, 0.6) is 0 Å². The van der Waals surface area contributed by atoms with Gasteiger partial charge in [0.05, 0.1) is 6.54 Å². The molecule has 1 N–H and O–H groups in total. The van der Waals surface area contributed by atoms with Crippen LogP contribution < -0.4 is 0 Å². The van der Waals surface area contributed by atoms with Crippen molar-refractivity contribution in [3.05, 3.63) is 35.9 Å². The van der Waals surface area contributed by atoms with E-state index in [0.717, 1.165) is 30.9 Å². The summed E-state index contributed by atoms with van der Waals surface area (Å²) in [5, 5.41) is 9.05. The molecule has 1 aliphatic heterocycles. The number of carboxylic acid groups (broad SMARTS) is 1. The minimum atomic E-state index is -0.732. The standard InChI is InChI=1S/C14H19NO2S/c16-14(17)11-15(13-6-8-18-9-7-13)10-12-4-2-1-3-5-12/h1-5,13H,6-11H2,(H,16,17). The van der Waals surface area contributed by atoms with Gasteiger partial charge in [0.2, 0.25) is 0 Å². The number of nitrogens with zero attached hydrogens (tertiary/aromatic N) is 1. The van der Waals surface area contributed by atoms with Gasteiger partial charge in [-0.25, -0.2) is 0 Å². The number of hydrogen-bond acceptors (Lipinski definition) is 3. The quantitative estimate of drug-likeness (QED) is 0.888. The number of benzene rings is 1. The first-order valence-electron chi connectivity index (χ1n) is 6.33. The monoisotopic (exact) mass is 265 g/mol. The summed E-state index contributed by atoms with van der Waals surface area (Å²) < 4.78 is 0. The molecule has 0 atom stereocenters. The van der Waals surface area contributed by atoms with Crippen LogP contribution in [-0.4, -0.2) is 40.1 Å². The fourth-order valence-corrected chi connectivity index (χ4v) is 3.44. The van der Waals surface area contributed by atoms with Crippen LogP contribution in [0.1, 0.15) is 18.4 Å². The highest BCUT2D eigenvalue weighted by molar-refractivity contribution is 7.99. The van der Waals surface area contributed by atoms with Crippen molar-refractivity contribution in [2.24, 2.45) is 0 Å². The third-order valence-electron chi connectivity index (χ3n) is 3.27. The van der Waals surface area contributed by atoms with Gasteiger partial charge in [-0.3, -0.25) is 9.69 Å². The summed E-state index contributed by atoms with van der Waals surface area (Å²) in [5.74, 6) is 1.56. The molecule has 1 saturated heterocycles. The van der Waals surface area contributed by atoms with Gasteiger partial charge < -0.3 is 5.11 Å². The summed E-state index contributed by atoms with van der Waals surface area (Å²) >= 11 is 1.97. The lowest BCUT2D eigenvalue weighted by Gasteiger charge is -2.33. The van der Waals surface area contributed by atoms with Crippen molar-refractivity contribution >= 4 is 17.7 Å². The first-order chi connectivity index (χ1) is 8.75. The summed E-state index contributed by atoms with van der Waals surface area (Å²) in [6.45, 7) is 0.882. The molecule has 0 aromatic heterocycles. The van der Waals surface area contributed by atoms with Crippen molar-refractivity contribution in [3.63, 3.8) is 0 Å². The average molecular weight is 265 g/mol. The van der Waals surface area contributed by atoms with Crippen molar-refractivity contribution in [1.29, 1.82) is 0 Å². The molecule has 1 fully saturated rings. The number of hydrogen-bond donors (Lipinski definition) is 1. The Labute approximate surface area is 112 Å². The Morgan fingerprint density at radius 2 is 1.94 bits per heavy atom. The van der Waals surface area contributed by atoms with E-state index < -0.39 is 5.97 Å². The first kappa shape index (κ1) is 13.4. The maximum atomic E-state index is 11.0. The van der Waals surface area contributed by atoms with Gasteiger partial charge in [0, 0.05) is 12.6 Å². The van der Waals surface area contributed by atoms with E-state index in [-0.39, 0.29) is 6.54 Å². The van der Waals surface area contributed by atoms with Crippen LogP contribution in [0.25, 0.3) is 0 Å². The molecule has 18 heavy (non-hydrogen) atoms. The molecular weight excluding hydrogens is 246 g/mol. The third kappa shape index (κ3) is 4.03. The minimum absolute atomic E-state index is 0.143. The van der Waals surface area contributed by atoms with E-state index in [0.29, 0.717) is 6.04 Å². The zero-order valence-electron chi connectivity index (χ0n) is 10.4. The highest BCUT2D eigenvalue weighted by atomic mass is 32.2. The molecule has 1 heterocycles. The molecule has 0 radical (unpaired) electrons. The van der Waals surface area contributed by atoms with E-state index in [1.54, 1.807) is 0 Å². The van der Waals surface area contributed by atoms with E-state index in [1.807, 2.05) is 30.0 Å². The second kappa shape index (κ2) is 6.81. The summed E-state index contributed by atoms with van der Waals surface area (Å²) in [4.78, 5) is 13.1. The van der Waals surface area contributed by atoms with Crippen LogP contribution in [-0.2, 0) is 11.3 Å². The second-order valence-electron chi connectivity index (χ2n) is 4.63. The summed E-state index contributed by atoms with van der Waals surface area (Å²) in [6.07, 6.45) is 2.20. The molecule has 0 aliphatic carbocycles. The molecule has 1 aromatic carbocycles. The minimum Gasteiger partial charge on any atom is -0.480 e. The van der Waals surface area contributed by atoms with Gasteiger partial charge in [-0.1, -0.05) is 30.3 Å². The maximum Gasteiger partial charge on any atom is 0.317 e. The van der Waals surface area contributed by atoms with Crippen LogP contribution >= 0.6 is 11.8 Å². The van der Waals surface area contributed by atoms with Crippen molar-refractivity contribution in [3.8, 4) is 0 Å². The lowest BCUT2D eigenvalue weighted by molar-refractivity contribution is -0.139. The number of carboxylic acids is 1. The zero-order chi connectivity index (χ0) is 12.8. The van der Waals surface area contributed by atoms with Crippen molar-refractivity contribution < 1.29 is 9.90 Å². The van der Waals surface area contributed by atoms with Crippen LogP contribution in [0.15, 0.2) is 30.3 Å². The Balaban J connectivity index is 2.02. The normalized spacial score (nSPS) is 16.9. The second-order valence-corrected chi connectivity index (χ2v) is 5.85. The SMILES string of the molecule is O=C(O)CN(Cc1ccccc1)C1CCSCC1. The van der Waals surface area contributed by atoms with E-state index in [9.17, 15) is 4.79 Å². The lowest BCUT2D eigenvalue weighted by Crippen LogP contribution is -2.40.